The molecule has 0 unspecified atom stereocenters. The van der Waals surface area contributed by atoms with Crippen LogP contribution in [0.1, 0.15) is 18.4 Å². The van der Waals surface area contributed by atoms with Crippen LogP contribution in [0, 0.1) is 5.92 Å². The zero-order valence-corrected chi connectivity index (χ0v) is 12.9. The van der Waals surface area contributed by atoms with Crippen molar-refractivity contribution >= 4 is 29.7 Å². The normalized spacial score (nSPS) is 16.3. The van der Waals surface area contributed by atoms with Crippen LogP contribution in [0.15, 0.2) is 35.2 Å². The predicted octanol–water partition coefficient (Wildman–Crippen LogP) is 2.15. The smallest absolute Gasteiger partial charge is 0.246 e. The number of carbonyl (C=O) groups is 2. The second-order valence-corrected chi connectivity index (χ2v) is 5.99. The van der Waals surface area contributed by atoms with Gasteiger partial charge in [0, 0.05) is 30.0 Å². The predicted molar refractivity (Wildman–Crippen MR) is 85.8 cm³/mol. The van der Waals surface area contributed by atoms with Gasteiger partial charge in [0.1, 0.15) is 0 Å². The Morgan fingerprint density at radius 3 is 2.38 bits per heavy atom. The van der Waals surface area contributed by atoms with Crippen LogP contribution in [0.25, 0.3) is 6.08 Å². The summed E-state index contributed by atoms with van der Waals surface area (Å²) in [5, 5.41) is 0. The molecule has 2 N–H and O–H groups in total. The van der Waals surface area contributed by atoms with E-state index in [1.165, 1.54) is 4.90 Å². The van der Waals surface area contributed by atoms with Gasteiger partial charge in [0.05, 0.1) is 0 Å². The molecule has 1 fully saturated rings. The molecule has 1 aliphatic rings. The van der Waals surface area contributed by atoms with Crippen molar-refractivity contribution in [1.82, 2.24) is 4.90 Å². The van der Waals surface area contributed by atoms with E-state index >= 15 is 0 Å². The molecule has 112 valence electrons. The lowest BCUT2D eigenvalue weighted by molar-refractivity contribution is -0.130. The Kier molecular flexibility index (Phi) is 5.44. The van der Waals surface area contributed by atoms with Crippen LogP contribution in [-0.4, -0.2) is 36.1 Å². The fourth-order valence-electron chi connectivity index (χ4n) is 2.37. The first-order chi connectivity index (χ1) is 10.1. The molecule has 5 heteroatoms. The SMILES string of the molecule is CSc1ccc(C=CC(=O)N2CCC(C(N)=O)CC2)cc1. The van der Waals surface area contributed by atoms with Crippen LogP contribution in [-0.2, 0) is 9.59 Å². The molecule has 0 saturated carbocycles. The zero-order chi connectivity index (χ0) is 15.2. The van der Waals surface area contributed by atoms with Crippen molar-refractivity contribution in [2.24, 2.45) is 11.7 Å². The second kappa shape index (κ2) is 7.31. The number of likely N-dealkylation sites (tertiary alicyclic amines) is 1. The fourth-order valence-corrected chi connectivity index (χ4v) is 2.78. The Morgan fingerprint density at radius 2 is 1.86 bits per heavy atom. The molecule has 2 rings (SSSR count). The van der Waals surface area contributed by atoms with E-state index in [0.717, 1.165) is 5.56 Å². The summed E-state index contributed by atoms with van der Waals surface area (Å²) < 4.78 is 0. The van der Waals surface area contributed by atoms with Gasteiger partial charge in [-0.3, -0.25) is 9.59 Å². The van der Waals surface area contributed by atoms with E-state index in [4.69, 9.17) is 5.73 Å². The first-order valence-electron chi connectivity index (χ1n) is 7.00. The first kappa shape index (κ1) is 15.6. The standard InChI is InChI=1S/C16H20N2O2S/c1-21-14-5-2-12(3-6-14)4-7-15(19)18-10-8-13(9-11-18)16(17)20/h2-7,13H,8-11H2,1H3,(H2,17,20). The Hall–Kier alpha value is -1.75. The third kappa shape index (κ3) is 4.36. The lowest BCUT2D eigenvalue weighted by Crippen LogP contribution is -2.41. The third-order valence-electron chi connectivity index (χ3n) is 3.74. The monoisotopic (exact) mass is 304 g/mol. The third-order valence-corrected chi connectivity index (χ3v) is 4.49. The summed E-state index contributed by atoms with van der Waals surface area (Å²) in [6.45, 7) is 1.20. The number of nitrogens with two attached hydrogens (primary N) is 1. The Morgan fingerprint density at radius 1 is 1.24 bits per heavy atom. The molecular weight excluding hydrogens is 284 g/mol. The van der Waals surface area contributed by atoms with Crippen LogP contribution < -0.4 is 5.73 Å². The number of hydrogen-bond donors (Lipinski definition) is 1. The molecule has 1 aromatic carbocycles. The van der Waals surface area contributed by atoms with Gasteiger partial charge < -0.3 is 10.6 Å². The van der Waals surface area contributed by atoms with Gasteiger partial charge in [-0.15, -0.1) is 11.8 Å². The summed E-state index contributed by atoms with van der Waals surface area (Å²) in [5.74, 6) is -0.351. The van der Waals surface area contributed by atoms with Gasteiger partial charge in [0.25, 0.3) is 0 Å². The molecule has 0 radical (unpaired) electrons. The minimum atomic E-state index is -0.258. The lowest BCUT2D eigenvalue weighted by atomic mass is 9.96. The number of piperidine rings is 1. The molecule has 21 heavy (non-hydrogen) atoms. The largest absolute Gasteiger partial charge is 0.369 e. The molecule has 0 bridgehead atoms. The number of carbonyl (C=O) groups excluding carboxylic acids is 2. The van der Waals surface area contributed by atoms with Crippen molar-refractivity contribution in [2.45, 2.75) is 17.7 Å². The number of benzene rings is 1. The number of nitrogens with zero attached hydrogens (tertiary/aromatic N) is 1. The molecule has 4 nitrogen and oxygen atoms in total. The average Bonchev–Trinajstić information content (AvgIpc) is 2.53. The summed E-state index contributed by atoms with van der Waals surface area (Å²) in [4.78, 5) is 26.2. The van der Waals surface area contributed by atoms with Crippen molar-refractivity contribution in [2.75, 3.05) is 19.3 Å². The summed E-state index contributed by atoms with van der Waals surface area (Å²) in [5.41, 5.74) is 6.30. The molecule has 1 saturated heterocycles. The first-order valence-corrected chi connectivity index (χ1v) is 8.23. The maximum absolute atomic E-state index is 12.1. The average molecular weight is 304 g/mol. The summed E-state index contributed by atoms with van der Waals surface area (Å²) in [6.07, 6.45) is 6.78. The van der Waals surface area contributed by atoms with E-state index in [9.17, 15) is 9.59 Å². The lowest BCUT2D eigenvalue weighted by Gasteiger charge is -2.29. The quantitative estimate of drug-likeness (QED) is 0.685. The minimum Gasteiger partial charge on any atom is -0.369 e. The van der Waals surface area contributed by atoms with E-state index < -0.39 is 0 Å². The van der Waals surface area contributed by atoms with Crippen molar-refractivity contribution in [3.8, 4) is 0 Å². The molecule has 1 aliphatic heterocycles. The highest BCUT2D eigenvalue weighted by atomic mass is 32.2. The number of primary amides is 1. The number of thioether (sulfide) groups is 1. The van der Waals surface area contributed by atoms with Crippen LogP contribution in [0.3, 0.4) is 0 Å². The molecule has 0 aliphatic carbocycles. The van der Waals surface area contributed by atoms with Crippen molar-refractivity contribution in [3.63, 3.8) is 0 Å². The maximum Gasteiger partial charge on any atom is 0.246 e. The number of rotatable bonds is 4. The molecule has 1 aromatic rings. The molecule has 1 heterocycles. The Bertz CT molecular complexity index is 532. The van der Waals surface area contributed by atoms with Crippen LogP contribution >= 0.6 is 11.8 Å². The van der Waals surface area contributed by atoms with E-state index in [2.05, 4.69) is 0 Å². The Balaban J connectivity index is 1.89. The van der Waals surface area contributed by atoms with Crippen LogP contribution in [0.2, 0.25) is 0 Å². The molecule has 0 atom stereocenters. The van der Waals surface area contributed by atoms with Gasteiger partial charge in [-0.1, -0.05) is 12.1 Å². The van der Waals surface area contributed by atoms with E-state index in [1.54, 1.807) is 22.7 Å². The maximum atomic E-state index is 12.1. The molecule has 2 amide bonds. The highest BCUT2D eigenvalue weighted by Crippen LogP contribution is 2.18. The highest BCUT2D eigenvalue weighted by molar-refractivity contribution is 7.98. The number of amides is 2. The molecule has 0 aromatic heterocycles. The van der Waals surface area contributed by atoms with Gasteiger partial charge in [-0.25, -0.2) is 0 Å². The second-order valence-electron chi connectivity index (χ2n) is 5.11. The summed E-state index contributed by atoms with van der Waals surface area (Å²) in [7, 11) is 0. The van der Waals surface area contributed by atoms with Crippen molar-refractivity contribution in [1.29, 1.82) is 0 Å². The molecular formula is C16H20N2O2S. The Labute approximate surface area is 129 Å². The summed E-state index contributed by atoms with van der Waals surface area (Å²) in [6, 6.07) is 8.06. The van der Waals surface area contributed by atoms with Crippen LogP contribution in [0.4, 0.5) is 0 Å². The number of hydrogen-bond acceptors (Lipinski definition) is 3. The fraction of sp³-hybridized carbons (Fsp3) is 0.375. The molecule has 0 spiro atoms. The van der Waals surface area contributed by atoms with Crippen molar-refractivity contribution in [3.05, 3.63) is 35.9 Å². The van der Waals surface area contributed by atoms with E-state index in [-0.39, 0.29) is 17.7 Å². The van der Waals surface area contributed by atoms with Gasteiger partial charge >= 0.3 is 0 Å². The van der Waals surface area contributed by atoms with Crippen LogP contribution in [0.5, 0.6) is 0 Å². The topological polar surface area (TPSA) is 63.4 Å². The van der Waals surface area contributed by atoms with Gasteiger partial charge in [-0.05, 0) is 42.9 Å². The van der Waals surface area contributed by atoms with Gasteiger partial charge in [0.15, 0.2) is 0 Å². The van der Waals surface area contributed by atoms with E-state index in [1.807, 2.05) is 36.6 Å². The summed E-state index contributed by atoms with van der Waals surface area (Å²) >= 11 is 1.69. The van der Waals surface area contributed by atoms with E-state index in [0.29, 0.717) is 25.9 Å². The van der Waals surface area contributed by atoms with Crippen molar-refractivity contribution < 1.29 is 9.59 Å². The van der Waals surface area contributed by atoms with Gasteiger partial charge in [-0.2, -0.15) is 0 Å². The minimum absolute atomic E-state index is 0.00753. The highest BCUT2D eigenvalue weighted by Gasteiger charge is 2.24. The zero-order valence-electron chi connectivity index (χ0n) is 12.1. The van der Waals surface area contributed by atoms with Gasteiger partial charge in [0.2, 0.25) is 11.8 Å².